The fourth-order valence-electron chi connectivity index (χ4n) is 2.47. The van der Waals surface area contributed by atoms with Crippen LogP contribution >= 0.6 is 11.6 Å². The second-order valence-corrected chi connectivity index (χ2v) is 6.40. The van der Waals surface area contributed by atoms with Crippen LogP contribution in [0.2, 0.25) is 5.02 Å². The highest BCUT2D eigenvalue weighted by Gasteiger charge is 2.34. The Kier molecular flexibility index (Phi) is 7.98. The number of nitro groups is 1. The first-order chi connectivity index (χ1) is 15.3. The van der Waals surface area contributed by atoms with E-state index in [1.807, 2.05) is 5.32 Å². The summed E-state index contributed by atoms with van der Waals surface area (Å²) in [4.78, 5) is 34.3. The number of rotatable bonds is 8. The fourth-order valence-corrected chi connectivity index (χ4v) is 2.64. The van der Waals surface area contributed by atoms with Crippen molar-refractivity contribution in [3.63, 3.8) is 0 Å². The molecule has 15 heteroatoms. The van der Waals surface area contributed by atoms with Gasteiger partial charge in [-0.3, -0.25) is 14.9 Å². The molecule has 2 aromatic rings. The Bertz CT molecular complexity index is 1080. The van der Waals surface area contributed by atoms with Gasteiger partial charge in [0.05, 0.1) is 29.4 Å². The molecule has 0 aliphatic heterocycles. The Morgan fingerprint density at radius 3 is 2.39 bits per heavy atom. The molecule has 33 heavy (non-hydrogen) atoms. The van der Waals surface area contributed by atoms with Gasteiger partial charge in [-0.2, -0.15) is 22.0 Å². The normalized spacial score (nSPS) is 11.2. The molecule has 1 amide bonds. The van der Waals surface area contributed by atoms with Gasteiger partial charge in [-0.1, -0.05) is 11.6 Å². The highest BCUT2D eigenvalue weighted by Crippen LogP contribution is 2.37. The number of nitrogens with zero attached hydrogens (tertiary/aromatic N) is 1. The minimum atomic E-state index is -4.86. The van der Waals surface area contributed by atoms with E-state index in [1.54, 1.807) is 0 Å². The minimum Gasteiger partial charge on any atom is -0.493 e. The number of carbonyl (C=O) groups is 2. The van der Waals surface area contributed by atoms with Crippen LogP contribution in [0.3, 0.4) is 0 Å². The standard InChI is InChI=1S/C18H12ClF5N2O7/c1-31-13-5-9(12(26(29)30)6-14(13)33-17(20)21)16(28)32-7-15(27)25-11-3-2-8(19)4-10(11)18(22,23)24/h2-6,17H,7H2,1H3,(H,25,27). The number of benzene rings is 2. The summed E-state index contributed by atoms with van der Waals surface area (Å²) in [5, 5.41) is 12.9. The first-order valence-corrected chi connectivity index (χ1v) is 8.86. The number of alkyl halides is 5. The summed E-state index contributed by atoms with van der Waals surface area (Å²) in [5.74, 6) is -3.88. The SMILES string of the molecule is COc1cc(C(=O)OCC(=O)Nc2ccc(Cl)cc2C(F)(F)F)c([N+](=O)[O-])cc1OC(F)F. The third-order valence-electron chi connectivity index (χ3n) is 3.81. The van der Waals surface area contributed by atoms with Crippen LogP contribution in [-0.4, -0.2) is 37.1 Å². The van der Waals surface area contributed by atoms with Crippen LogP contribution in [-0.2, 0) is 15.7 Å². The molecule has 0 unspecified atom stereocenters. The number of hydrogen-bond donors (Lipinski definition) is 1. The second kappa shape index (κ2) is 10.3. The van der Waals surface area contributed by atoms with Crippen molar-refractivity contribution in [3.8, 4) is 11.5 Å². The predicted molar refractivity (Wildman–Crippen MR) is 102 cm³/mol. The fraction of sp³-hybridized carbons (Fsp3) is 0.222. The lowest BCUT2D eigenvalue weighted by atomic mass is 10.1. The molecule has 2 aromatic carbocycles. The van der Waals surface area contributed by atoms with Crippen LogP contribution in [0, 0.1) is 10.1 Å². The van der Waals surface area contributed by atoms with E-state index in [0.29, 0.717) is 18.2 Å². The zero-order chi connectivity index (χ0) is 24.9. The van der Waals surface area contributed by atoms with Gasteiger partial charge in [-0.25, -0.2) is 4.79 Å². The summed E-state index contributed by atoms with van der Waals surface area (Å²) in [6.07, 6.45) is -4.86. The number of nitrogens with one attached hydrogen (secondary N) is 1. The molecule has 0 aliphatic carbocycles. The van der Waals surface area contributed by atoms with E-state index in [0.717, 1.165) is 19.2 Å². The third kappa shape index (κ3) is 6.65. The van der Waals surface area contributed by atoms with Gasteiger partial charge >= 0.3 is 18.8 Å². The van der Waals surface area contributed by atoms with E-state index in [1.165, 1.54) is 0 Å². The van der Waals surface area contributed by atoms with Crippen LogP contribution in [0.1, 0.15) is 15.9 Å². The van der Waals surface area contributed by atoms with E-state index >= 15 is 0 Å². The van der Waals surface area contributed by atoms with Crippen LogP contribution in [0.15, 0.2) is 30.3 Å². The number of carbonyl (C=O) groups excluding carboxylic acids is 2. The molecule has 0 atom stereocenters. The number of esters is 1. The molecule has 2 rings (SSSR count). The molecule has 0 aliphatic rings. The highest BCUT2D eigenvalue weighted by atomic mass is 35.5. The van der Waals surface area contributed by atoms with Gasteiger partial charge in [-0.15, -0.1) is 0 Å². The Labute approximate surface area is 186 Å². The molecule has 0 saturated heterocycles. The van der Waals surface area contributed by atoms with Crippen molar-refractivity contribution in [1.82, 2.24) is 0 Å². The summed E-state index contributed by atoms with van der Waals surface area (Å²) >= 11 is 5.54. The zero-order valence-corrected chi connectivity index (χ0v) is 17.0. The minimum absolute atomic E-state index is 0.243. The van der Waals surface area contributed by atoms with Gasteiger partial charge in [0.25, 0.3) is 11.6 Å². The van der Waals surface area contributed by atoms with Gasteiger partial charge in [0, 0.05) is 11.1 Å². The maximum atomic E-state index is 13.1. The first kappa shape index (κ1) is 25.6. The first-order valence-electron chi connectivity index (χ1n) is 8.48. The van der Waals surface area contributed by atoms with E-state index in [-0.39, 0.29) is 5.02 Å². The number of nitro benzene ring substituents is 1. The van der Waals surface area contributed by atoms with Crippen molar-refractivity contribution in [2.45, 2.75) is 12.8 Å². The van der Waals surface area contributed by atoms with E-state index in [9.17, 15) is 41.7 Å². The van der Waals surface area contributed by atoms with E-state index < -0.39 is 70.2 Å². The van der Waals surface area contributed by atoms with E-state index in [2.05, 4.69) is 9.47 Å². The van der Waals surface area contributed by atoms with Crippen molar-refractivity contribution < 1.29 is 50.7 Å². The Morgan fingerprint density at radius 1 is 1.18 bits per heavy atom. The molecular formula is C18H12ClF5N2O7. The zero-order valence-electron chi connectivity index (χ0n) is 16.2. The van der Waals surface area contributed by atoms with Crippen molar-refractivity contribution >= 4 is 34.9 Å². The molecule has 0 saturated carbocycles. The smallest absolute Gasteiger partial charge is 0.418 e. The Balaban J connectivity index is 2.21. The van der Waals surface area contributed by atoms with Crippen LogP contribution in [0.4, 0.5) is 33.3 Å². The number of halogens is 6. The van der Waals surface area contributed by atoms with Gasteiger partial charge in [-0.05, 0) is 18.2 Å². The van der Waals surface area contributed by atoms with Crippen molar-refractivity contribution in [3.05, 3.63) is 56.6 Å². The molecule has 0 radical (unpaired) electrons. The number of hydrogen-bond acceptors (Lipinski definition) is 7. The number of anilines is 1. The quantitative estimate of drug-likeness (QED) is 0.243. The molecule has 0 heterocycles. The second-order valence-electron chi connectivity index (χ2n) is 5.97. The molecule has 0 bridgehead atoms. The lowest BCUT2D eigenvalue weighted by molar-refractivity contribution is -0.385. The predicted octanol–water partition coefficient (Wildman–Crippen LogP) is 4.67. The van der Waals surface area contributed by atoms with Crippen LogP contribution in [0.5, 0.6) is 11.5 Å². The molecule has 0 spiro atoms. The average Bonchev–Trinajstić information content (AvgIpc) is 2.71. The van der Waals surface area contributed by atoms with Crippen LogP contribution < -0.4 is 14.8 Å². The van der Waals surface area contributed by atoms with E-state index in [4.69, 9.17) is 16.3 Å². The van der Waals surface area contributed by atoms with Crippen molar-refractivity contribution in [2.24, 2.45) is 0 Å². The molecule has 9 nitrogen and oxygen atoms in total. The Hall–Kier alpha value is -3.68. The number of ether oxygens (including phenoxy) is 3. The monoisotopic (exact) mass is 498 g/mol. The largest absolute Gasteiger partial charge is 0.493 e. The van der Waals surface area contributed by atoms with Crippen molar-refractivity contribution in [1.29, 1.82) is 0 Å². The maximum Gasteiger partial charge on any atom is 0.418 e. The third-order valence-corrected chi connectivity index (χ3v) is 4.05. The average molecular weight is 499 g/mol. The Morgan fingerprint density at radius 2 is 1.85 bits per heavy atom. The molecule has 1 N–H and O–H groups in total. The summed E-state index contributed by atoms with van der Waals surface area (Å²) in [6, 6.07) is 3.70. The van der Waals surface area contributed by atoms with Crippen LogP contribution in [0.25, 0.3) is 0 Å². The highest BCUT2D eigenvalue weighted by molar-refractivity contribution is 6.30. The van der Waals surface area contributed by atoms with Gasteiger partial charge < -0.3 is 19.5 Å². The summed E-state index contributed by atoms with van der Waals surface area (Å²) in [5.41, 5.74) is -3.72. The summed E-state index contributed by atoms with van der Waals surface area (Å²) in [6.45, 7) is -4.48. The maximum absolute atomic E-state index is 13.1. The summed E-state index contributed by atoms with van der Waals surface area (Å²) in [7, 11) is 1.01. The molecular weight excluding hydrogens is 487 g/mol. The molecule has 0 fully saturated rings. The summed E-state index contributed by atoms with van der Waals surface area (Å²) < 4.78 is 77.7. The van der Waals surface area contributed by atoms with Gasteiger partial charge in [0.15, 0.2) is 18.1 Å². The van der Waals surface area contributed by atoms with Crippen molar-refractivity contribution in [2.75, 3.05) is 19.0 Å². The number of methoxy groups -OCH3 is 1. The lowest BCUT2D eigenvalue weighted by Crippen LogP contribution is -2.23. The molecule has 178 valence electrons. The topological polar surface area (TPSA) is 117 Å². The number of amides is 1. The lowest BCUT2D eigenvalue weighted by Gasteiger charge is -2.14. The van der Waals surface area contributed by atoms with Gasteiger partial charge in [0.2, 0.25) is 0 Å². The molecule has 0 aromatic heterocycles. The van der Waals surface area contributed by atoms with Gasteiger partial charge in [0.1, 0.15) is 5.56 Å².